The second kappa shape index (κ2) is 3.61. The summed E-state index contributed by atoms with van der Waals surface area (Å²) in [5, 5.41) is 2.01. The van der Waals surface area contributed by atoms with Gasteiger partial charge in [0.25, 0.3) is 0 Å². The third-order valence-electron chi connectivity index (χ3n) is 3.16. The molecule has 1 aromatic rings. The van der Waals surface area contributed by atoms with E-state index in [1.54, 1.807) is 11.3 Å². The lowest BCUT2D eigenvalue weighted by molar-refractivity contribution is -0.148. The molecule has 1 fully saturated rings. The van der Waals surface area contributed by atoms with Crippen molar-refractivity contribution in [2.45, 2.75) is 25.8 Å². The molecule has 0 spiro atoms. The molecule has 0 aromatic carbocycles. The molecule has 0 saturated heterocycles. The predicted octanol–water partition coefficient (Wildman–Crippen LogP) is 2.01. The Hall–Kier alpha value is -0.870. The maximum Gasteiger partial charge on any atom is 0.313 e. The van der Waals surface area contributed by atoms with Gasteiger partial charge in [-0.1, -0.05) is 0 Å². The fraction of sp³-hybridized carbons (Fsp3) is 0.545. The van der Waals surface area contributed by atoms with Gasteiger partial charge in [0.05, 0.1) is 18.6 Å². The van der Waals surface area contributed by atoms with E-state index in [9.17, 15) is 4.79 Å². The molecule has 0 amide bonds. The van der Waals surface area contributed by atoms with E-state index in [0.717, 1.165) is 17.7 Å². The van der Waals surface area contributed by atoms with E-state index in [1.807, 2.05) is 18.4 Å². The number of esters is 1. The fourth-order valence-electron chi connectivity index (χ4n) is 1.93. The average molecular weight is 225 g/mol. The molecule has 1 atom stereocenters. The Labute approximate surface area is 93.2 Å². The van der Waals surface area contributed by atoms with E-state index in [-0.39, 0.29) is 12.0 Å². The summed E-state index contributed by atoms with van der Waals surface area (Å²) in [6.45, 7) is 2.03. The van der Waals surface area contributed by atoms with E-state index >= 15 is 0 Å². The van der Waals surface area contributed by atoms with Crippen LogP contribution < -0.4 is 5.73 Å². The minimum atomic E-state index is -0.440. The summed E-state index contributed by atoms with van der Waals surface area (Å²) in [4.78, 5) is 12.8. The number of hydrogen-bond acceptors (Lipinski definition) is 4. The van der Waals surface area contributed by atoms with Gasteiger partial charge in [0.15, 0.2) is 0 Å². The fourth-order valence-corrected chi connectivity index (χ4v) is 2.98. The molecule has 1 aromatic heterocycles. The number of rotatable bonds is 3. The van der Waals surface area contributed by atoms with Gasteiger partial charge in [-0.2, -0.15) is 0 Å². The second-order valence-electron chi connectivity index (χ2n) is 4.09. The van der Waals surface area contributed by atoms with Crippen molar-refractivity contribution in [2.24, 2.45) is 11.1 Å². The Morgan fingerprint density at radius 3 is 2.73 bits per heavy atom. The zero-order valence-electron chi connectivity index (χ0n) is 8.95. The van der Waals surface area contributed by atoms with Crippen molar-refractivity contribution >= 4 is 17.3 Å². The number of carbonyl (C=O) groups is 1. The topological polar surface area (TPSA) is 52.3 Å². The first-order valence-corrected chi connectivity index (χ1v) is 5.88. The summed E-state index contributed by atoms with van der Waals surface area (Å²) >= 11 is 1.62. The highest BCUT2D eigenvalue weighted by Gasteiger charge is 2.56. The normalized spacial score (nSPS) is 19.7. The maximum atomic E-state index is 11.6. The summed E-state index contributed by atoms with van der Waals surface area (Å²) in [6, 6.07) is 1.83. The lowest BCUT2D eigenvalue weighted by Gasteiger charge is -2.20. The first-order chi connectivity index (χ1) is 7.12. The van der Waals surface area contributed by atoms with Crippen LogP contribution in [0.4, 0.5) is 0 Å². The molecule has 1 saturated carbocycles. The third-order valence-corrected chi connectivity index (χ3v) is 4.26. The van der Waals surface area contributed by atoms with Crippen molar-refractivity contribution in [3.8, 4) is 0 Å². The van der Waals surface area contributed by atoms with E-state index in [2.05, 4.69) is 0 Å². The van der Waals surface area contributed by atoms with Crippen molar-refractivity contribution in [1.29, 1.82) is 0 Å². The number of aryl methyl sites for hydroxylation is 1. The largest absolute Gasteiger partial charge is 0.469 e. The van der Waals surface area contributed by atoms with Crippen molar-refractivity contribution in [1.82, 2.24) is 0 Å². The zero-order valence-corrected chi connectivity index (χ0v) is 9.76. The van der Waals surface area contributed by atoms with Crippen LogP contribution in [0.1, 0.15) is 29.3 Å². The van der Waals surface area contributed by atoms with Crippen LogP contribution in [0.3, 0.4) is 0 Å². The van der Waals surface area contributed by atoms with E-state index in [4.69, 9.17) is 10.5 Å². The number of nitrogens with two attached hydrogens (primary N) is 1. The SMILES string of the molecule is COC(=O)C1(C(N)c2sccc2C)CC1. The summed E-state index contributed by atoms with van der Waals surface area (Å²) in [6.07, 6.45) is 1.69. The van der Waals surface area contributed by atoms with Gasteiger partial charge in [-0.05, 0) is 36.8 Å². The highest BCUT2D eigenvalue weighted by Crippen LogP contribution is 2.55. The van der Waals surface area contributed by atoms with Crippen molar-refractivity contribution in [2.75, 3.05) is 7.11 Å². The molecular formula is C11H15NO2S. The first kappa shape index (κ1) is 10.6. The molecule has 1 aliphatic carbocycles. The van der Waals surface area contributed by atoms with Crippen molar-refractivity contribution in [3.05, 3.63) is 21.9 Å². The van der Waals surface area contributed by atoms with E-state index in [0.29, 0.717) is 0 Å². The molecular weight excluding hydrogens is 210 g/mol. The lowest BCUT2D eigenvalue weighted by atomic mass is 9.94. The summed E-state index contributed by atoms with van der Waals surface area (Å²) in [5.41, 5.74) is 6.90. The molecule has 82 valence electrons. The molecule has 2 rings (SSSR count). The van der Waals surface area contributed by atoms with Crippen LogP contribution in [0.15, 0.2) is 11.4 Å². The Bertz CT molecular complexity index is 382. The number of methoxy groups -OCH3 is 1. The molecule has 4 heteroatoms. The van der Waals surface area contributed by atoms with Crippen LogP contribution in [-0.2, 0) is 9.53 Å². The lowest BCUT2D eigenvalue weighted by Crippen LogP contribution is -2.30. The smallest absolute Gasteiger partial charge is 0.313 e. The molecule has 0 radical (unpaired) electrons. The molecule has 15 heavy (non-hydrogen) atoms. The summed E-state index contributed by atoms with van der Waals surface area (Å²) in [7, 11) is 1.43. The highest BCUT2D eigenvalue weighted by atomic mass is 32.1. The van der Waals surface area contributed by atoms with Crippen LogP contribution in [0.5, 0.6) is 0 Å². The molecule has 1 heterocycles. The second-order valence-corrected chi connectivity index (χ2v) is 5.04. The minimum Gasteiger partial charge on any atom is -0.469 e. The van der Waals surface area contributed by atoms with Gasteiger partial charge in [-0.3, -0.25) is 4.79 Å². The first-order valence-electron chi connectivity index (χ1n) is 5.00. The van der Waals surface area contributed by atoms with Crippen LogP contribution in [0, 0.1) is 12.3 Å². The average Bonchev–Trinajstić information content (AvgIpc) is 2.94. The molecule has 0 aliphatic heterocycles. The standard InChI is InChI=1S/C11H15NO2S/c1-7-3-6-15-8(7)9(12)11(4-5-11)10(13)14-2/h3,6,9H,4-5,12H2,1-2H3. The molecule has 1 unspecified atom stereocenters. The van der Waals surface area contributed by atoms with Crippen molar-refractivity contribution in [3.63, 3.8) is 0 Å². The minimum absolute atomic E-state index is 0.164. The maximum absolute atomic E-state index is 11.6. The van der Waals surface area contributed by atoms with Gasteiger partial charge in [0, 0.05) is 4.88 Å². The van der Waals surface area contributed by atoms with Gasteiger partial charge in [0.2, 0.25) is 0 Å². The van der Waals surface area contributed by atoms with Gasteiger partial charge in [-0.25, -0.2) is 0 Å². The van der Waals surface area contributed by atoms with Crippen LogP contribution in [-0.4, -0.2) is 13.1 Å². The Balaban J connectivity index is 2.25. The van der Waals surface area contributed by atoms with Crippen LogP contribution >= 0.6 is 11.3 Å². The van der Waals surface area contributed by atoms with Crippen molar-refractivity contribution < 1.29 is 9.53 Å². The highest BCUT2D eigenvalue weighted by molar-refractivity contribution is 7.10. The van der Waals surface area contributed by atoms with Gasteiger partial charge in [-0.15, -0.1) is 11.3 Å². The number of hydrogen-bond donors (Lipinski definition) is 1. The molecule has 2 N–H and O–H groups in total. The summed E-state index contributed by atoms with van der Waals surface area (Å²) < 4.78 is 4.82. The van der Waals surface area contributed by atoms with Gasteiger partial charge in [0.1, 0.15) is 0 Å². The third kappa shape index (κ3) is 1.58. The Morgan fingerprint density at radius 1 is 1.67 bits per heavy atom. The molecule has 0 bridgehead atoms. The summed E-state index contributed by atoms with van der Waals surface area (Å²) in [5.74, 6) is -0.164. The van der Waals surface area contributed by atoms with E-state index < -0.39 is 5.41 Å². The number of carbonyl (C=O) groups excluding carboxylic acids is 1. The predicted molar refractivity (Wildman–Crippen MR) is 59.7 cm³/mol. The van der Waals surface area contributed by atoms with Crippen LogP contribution in [0.2, 0.25) is 0 Å². The Morgan fingerprint density at radius 2 is 2.33 bits per heavy atom. The number of ether oxygens (including phenoxy) is 1. The number of thiophene rings is 1. The monoisotopic (exact) mass is 225 g/mol. The van der Waals surface area contributed by atoms with E-state index in [1.165, 1.54) is 12.7 Å². The quantitative estimate of drug-likeness (QED) is 0.801. The van der Waals surface area contributed by atoms with Crippen LogP contribution in [0.25, 0.3) is 0 Å². The Kier molecular flexibility index (Phi) is 2.56. The molecule has 3 nitrogen and oxygen atoms in total. The molecule has 1 aliphatic rings. The van der Waals surface area contributed by atoms with Gasteiger partial charge < -0.3 is 10.5 Å². The zero-order chi connectivity index (χ0) is 11.1. The van der Waals surface area contributed by atoms with Gasteiger partial charge >= 0.3 is 5.97 Å².